The molecule has 212 valence electrons. The van der Waals surface area contributed by atoms with Gasteiger partial charge in [0.2, 0.25) is 0 Å². The molecule has 38 heavy (non-hydrogen) atoms. The normalized spacial score (nSPS) is 17.1. The number of aliphatic carboxylic acids is 3. The maximum absolute atomic E-state index is 10.3. The van der Waals surface area contributed by atoms with Gasteiger partial charge in [-0.2, -0.15) is 0 Å². The van der Waals surface area contributed by atoms with Gasteiger partial charge in [-0.25, -0.2) is 9.78 Å². The molecule has 0 aliphatic carbocycles. The highest BCUT2D eigenvalue weighted by Crippen LogP contribution is 2.33. The van der Waals surface area contributed by atoms with E-state index in [-0.39, 0.29) is 11.1 Å². The number of aryl methyl sites for hydroxylation is 2. The van der Waals surface area contributed by atoms with E-state index in [0.717, 1.165) is 37.5 Å². The number of carboxylic acids is 3. The maximum atomic E-state index is 10.3. The Morgan fingerprint density at radius 3 is 2.03 bits per heavy atom. The largest absolute Gasteiger partial charge is 0.481 e. The van der Waals surface area contributed by atoms with E-state index < -0.39 is 36.4 Å². The molecule has 0 bridgehead atoms. The number of carboxylic acid groups (broad SMARTS) is 3. The summed E-state index contributed by atoms with van der Waals surface area (Å²) in [5.41, 5.74) is -1.26. The summed E-state index contributed by atoms with van der Waals surface area (Å²) in [6.45, 7) is 12.9. The second-order valence-corrected chi connectivity index (χ2v) is 11.3. The van der Waals surface area contributed by atoms with Crippen LogP contribution in [0.3, 0.4) is 0 Å². The van der Waals surface area contributed by atoms with E-state index in [0.29, 0.717) is 6.04 Å². The summed E-state index contributed by atoms with van der Waals surface area (Å²) in [7, 11) is 2.06. The minimum absolute atomic E-state index is 0.121. The van der Waals surface area contributed by atoms with Crippen molar-refractivity contribution in [3.05, 3.63) is 41.9 Å². The Kier molecular flexibility index (Phi) is 9.87. The van der Waals surface area contributed by atoms with Crippen LogP contribution in [0.4, 0.5) is 0 Å². The standard InChI is InChI=1S/C20H32N4O.C6H8O7/c1-15-7-8-18(25-15)13-24(12-17-11-21-14-23(17)6)16-9-19(2,3)22-20(4,5)10-16;7-3(8)1-6(13,5(11)12)2-4(9)10/h7-8,11,14,16,22H,9-10,12-13H2,1-6H3;13H,1-2H2,(H,7,8)(H,9,10)(H,11,12). The lowest BCUT2D eigenvalue weighted by Gasteiger charge is -2.49. The van der Waals surface area contributed by atoms with Crippen LogP contribution in [0.5, 0.6) is 0 Å². The molecule has 0 spiro atoms. The lowest BCUT2D eigenvalue weighted by atomic mass is 9.79. The lowest BCUT2D eigenvalue weighted by molar-refractivity contribution is -0.170. The molecule has 0 unspecified atom stereocenters. The van der Waals surface area contributed by atoms with Gasteiger partial charge in [0.25, 0.3) is 0 Å². The Morgan fingerprint density at radius 2 is 1.63 bits per heavy atom. The van der Waals surface area contributed by atoms with E-state index >= 15 is 0 Å². The van der Waals surface area contributed by atoms with Crippen LogP contribution >= 0.6 is 0 Å². The highest BCUT2D eigenvalue weighted by atomic mass is 16.4. The molecule has 12 heteroatoms. The number of imidazole rings is 1. The van der Waals surface area contributed by atoms with Gasteiger partial charge >= 0.3 is 17.9 Å². The van der Waals surface area contributed by atoms with Gasteiger partial charge in [0.1, 0.15) is 11.5 Å². The van der Waals surface area contributed by atoms with Crippen LogP contribution in [0.15, 0.2) is 29.1 Å². The Bertz CT molecular complexity index is 1090. The molecule has 2 aromatic heterocycles. The Labute approximate surface area is 222 Å². The quantitative estimate of drug-likeness (QED) is 0.301. The summed E-state index contributed by atoms with van der Waals surface area (Å²) in [6, 6.07) is 4.64. The SMILES string of the molecule is Cc1ccc(CN(Cc2cncn2C)C2CC(C)(C)NC(C)(C)C2)o1.O=C(O)CC(O)(CC(=O)O)C(=O)O. The molecular weight excluding hydrogens is 496 g/mol. The molecule has 1 aliphatic rings. The molecular formula is C26H40N4O8. The van der Waals surface area contributed by atoms with E-state index in [1.54, 1.807) is 0 Å². The molecule has 3 heterocycles. The van der Waals surface area contributed by atoms with Gasteiger partial charge in [0, 0.05) is 36.9 Å². The lowest BCUT2D eigenvalue weighted by Crippen LogP contribution is -2.62. The molecule has 12 nitrogen and oxygen atoms in total. The van der Waals surface area contributed by atoms with Crippen LogP contribution < -0.4 is 5.32 Å². The Balaban J connectivity index is 0.000000332. The van der Waals surface area contributed by atoms with Crippen LogP contribution in [0, 0.1) is 6.92 Å². The first kappa shape index (κ1) is 31.0. The first-order valence-corrected chi connectivity index (χ1v) is 12.3. The van der Waals surface area contributed by atoms with E-state index in [4.69, 9.17) is 24.8 Å². The number of hydrogen-bond acceptors (Lipinski definition) is 8. The van der Waals surface area contributed by atoms with Crippen molar-refractivity contribution in [1.29, 1.82) is 0 Å². The first-order valence-electron chi connectivity index (χ1n) is 12.3. The molecule has 3 rings (SSSR count). The second kappa shape index (κ2) is 12.1. The number of carbonyl (C=O) groups is 3. The van der Waals surface area contributed by atoms with Crippen LogP contribution in [-0.2, 0) is 34.5 Å². The number of furan rings is 1. The predicted octanol–water partition coefficient (Wildman–Crippen LogP) is 2.38. The minimum Gasteiger partial charge on any atom is -0.481 e. The van der Waals surface area contributed by atoms with Crippen LogP contribution in [0.25, 0.3) is 0 Å². The predicted molar refractivity (Wildman–Crippen MR) is 137 cm³/mol. The Morgan fingerprint density at radius 1 is 1.08 bits per heavy atom. The van der Waals surface area contributed by atoms with Crippen molar-refractivity contribution in [1.82, 2.24) is 19.8 Å². The van der Waals surface area contributed by atoms with Crippen molar-refractivity contribution < 1.29 is 39.2 Å². The third kappa shape index (κ3) is 9.26. The van der Waals surface area contributed by atoms with Crippen molar-refractivity contribution in [2.45, 2.75) is 96.1 Å². The number of hydrogen-bond donors (Lipinski definition) is 5. The third-order valence-corrected chi connectivity index (χ3v) is 6.41. The summed E-state index contributed by atoms with van der Waals surface area (Å²) in [5, 5.41) is 37.6. The van der Waals surface area contributed by atoms with Gasteiger partial charge < -0.3 is 34.7 Å². The topological polar surface area (TPSA) is 178 Å². The molecule has 1 fully saturated rings. The van der Waals surface area contributed by atoms with Crippen molar-refractivity contribution in [2.24, 2.45) is 7.05 Å². The van der Waals surface area contributed by atoms with E-state index in [1.165, 1.54) is 5.69 Å². The van der Waals surface area contributed by atoms with E-state index in [2.05, 4.69) is 60.6 Å². The van der Waals surface area contributed by atoms with E-state index in [9.17, 15) is 14.4 Å². The highest BCUT2D eigenvalue weighted by Gasteiger charge is 2.41. The molecule has 5 N–H and O–H groups in total. The summed E-state index contributed by atoms with van der Waals surface area (Å²) in [4.78, 5) is 37.3. The third-order valence-electron chi connectivity index (χ3n) is 6.41. The van der Waals surface area contributed by atoms with Gasteiger partial charge in [-0.3, -0.25) is 14.5 Å². The number of nitrogens with one attached hydrogen (secondary N) is 1. The van der Waals surface area contributed by atoms with Crippen molar-refractivity contribution in [2.75, 3.05) is 0 Å². The summed E-state index contributed by atoms with van der Waals surface area (Å²) in [6.07, 6.45) is 3.80. The Hall–Kier alpha value is -3.22. The number of rotatable bonds is 10. The fraction of sp³-hybridized carbons (Fsp3) is 0.615. The monoisotopic (exact) mass is 536 g/mol. The van der Waals surface area contributed by atoms with Crippen molar-refractivity contribution >= 4 is 17.9 Å². The fourth-order valence-corrected chi connectivity index (χ4v) is 5.07. The highest BCUT2D eigenvalue weighted by molar-refractivity contribution is 5.88. The number of nitrogens with zero attached hydrogens (tertiary/aromatic N) is 3. The minimum atomic E-state index is -2.74. The molecule has 0 aromatic carbocycles. The van der Waals surface area contributed by atoms with Crippen LogP contribution in [0.1, 0.15) is 70.6 Å². The van der Waals surface area contributed by atoms with Crippen LogP contribution in [-0.4, -0.2) is 75.5 Å². The molecule has 0 atom stereocenters. The number of aliphatic hydroxyl groups is 1. The summed E-state index contributed by atoms with van der Waals surface area (Å²) < 4.78 is 7.99. The van der Waals surface area contributed by atoms with Crippen molar-refractivity contribution in [3.63, 3.8) is 0 Å². The van der Waals surface area contributed by atoms with Gasteiger partial charge in [-0.15, -0.1) is 0 Å². The van der Waals surface area contributed by atoms with Crippen molar-refractivity contribution in [3.8, 4) is 0 Å². The average Bonchev–Trinajstić information content (AvgIpc) is 3.32. The number of piperidine rings is 1. The summed E-state index contributed by atoms with van der Waals surface area (Å²) in [5.74, 6) is -3.01. The zero-order valence-electron chi connectivity index (χ0n) is 22.9. The molecule has 1 aliphatic heterocycles. The maximum Gasteiger partial charge on any atom is 0.336 e. The van der Waals surface area contributed by atoms with Gasteiger partial charge in [-0.05, 0) is 59.6 Å². The van der Waals surface area contributed by atoms with Gasteiger partial charge in [0.05, 0.1) is 31.4 Å². The molecule has 0 amide bonds. The molecule has 0 radical (unpaired) electrons. The summed E-state index contributed by atoms with van der Waals surface area (Å²) >= 11 is 0. The first-order chi connectivity index (χ1) is 17.4. The average molecular weight is 537 g/mol. The van der Waals surface area contributed by atoms with Crippen LogP contribution in [0.2, 0.25) is 0 Å². The van der Waals surface area contributed by atoms with Gasteiger partial charge in [0.15, 0.2) is 5.60 Å². The number of aromatic nitrogens is 2. The zero-order chi connectivity index (χ0) is 28.9. The molecule has 0 saturated carbocycles. The van der Waals surface area contributed by atoms with E-state index in [1.807, 2.05) is 25.5 Å². The van der Waals surface area contributed by atoms with Gasteiger partial charge in [-0.1, -0.05) is 0 Å². The molecule has 2 aromatic rings. The smallest absolute Gasteiger partial charge is 0.336 e. The molecule has 1 saturated heterocycles. The second-order valence-electron chi connectivity index (χ2n) is 11.3. The zero-order valence-corrected chi connectivity index (χ0v) is 22.9. The fourth-order valence-electron chi connectivity index (χ4n) is 5.07.